The van der Waals surface area contributed by atoms with E-state index in [-0.39, 0.29) is 34.3 Å². The summed E-state index contributed by atoms with van der Waals surface area (Å²) in [5, 5.41) is 12.4. The molecule has 0 saturated heterocycles. The fraction of sp³-hybridized carbons (Fsp3) is 0.333. The monoisotopic (exact) mass is 903 g/mol. The highest BCUT2D eigenvalue weighted by molar-refractivity contribution is 5.97. The van der Waals surface area contributed by atoms with Crippen LogP contribution in [0.25, 0.3) is 72.7 Å². The van der Waals surface area contributed by atoms with Gasteiger partial charge in [0.1, 0.15) is 11.6 Å². The zero-order valence-corrected chi connectivity index (χ0v) is 40.6. The van der Waals surface area contributed by atoms with E-state index in [9.17, 15) is 10.6 Å². The van der Waals surface area contributed by atoms with Gasteiger partial charge in [-0.3, -0.25) is 9.55 Å². The maximum Gasteiger partial charge on any atom is 0.149 e. The Hall–Kier alpha value is -6.26. The minimum atomic E-state index is -3.93. The first-order chi connectivity index (χ1) is 38.5. The molecular weight excluding hydrogens is 815 g/mol. The van der Waals surface area contributed by atoms with Gasteiger partial charge in [0.05, 0.1) is 31.9 Å². The summed E-state index contributed by atoms with van der Waals surface area (Å²) < 4.78 is 150. The molecule has 8 aromatic rings. The zero-order valence-electron chi connectivity index (χ0n) is 57.6. The van der Waals surface area contributed by atoms with Crippen molar-refractivity contribution in [2.75, 3.05) is 0 Å². The molecule has 0 aliphatic rings. The van der Waals surface area contributed by atoms with Crippen molar-refractivity contribution in [1.29, 1.82) is 0 Å². The number of phenols is 1. The fourth-order valence-corrected chi connectivity index (χ4v) is 8.65. The lowest BCUT2D eigenvalue weighted by atomic mass is 9.80. The third kappa shape index (κ3) is 9.38. The highest BCUT2D eigenvalue weighted by Gasteiger charge is 2.27. The van der Waals surface area contributed by atoms with Gasteiger partial charge in [0, 0.05) is 36.7 Å². The van der Waals surface area contributed by atoms with E-state index in [1.807, 2.05) is 120 Å². The molecule has 0 spiro atoms. The molecule has 4 heteroatoms. The molecular formula is C63H71N3O. The van der Waals surface area contributed by atoms with Crippen LogP contribution in [-0.2, 0) is 16.2 Å². The van der Waals surface area contributed by atoms with E-state index < -0.39 is 96.4 Å². The number of hydrogen-bond acceptors (Lipinski definition) is 3. The summed E-state index contributed by atoms with van der Waals surface area (Å²) in [6, 6.07) is 23.2. The van der Waals surface area contributed by atoms with Gasteiger partial charge in [-0.15, -0.1) is 0 Å². The van der Waals surface area contributed by atoms with E-state index in [1.54, 1.807) is 12.1 Å². The van der Waals surface area contributed by atoms with Crippen LogP contribution in [0.1, 0.15) is 178 Å². The highest BCUT2D eigenvalue weighted by atomic mass is 16.3. The average molecular weight is 903 g/mol. The van der Waals surface area contributed by atoms with Crippen molar-refractivity contribution in [3.63, 3.8) is 0 Å². The third-order valence-corrected chi connectivity index (χ3v) is 12.4. The maximum atomic E-state index is 12.4. The molecule has 0 atom stereocenters. The van der Waals surface area contributed by atoms with Gasteiger partial charge in [0.25, 0.3) is 0 Å². The van der Waals surface area contributed by atoms with Crippen molar-refractivity contribution in [3.05, 3.63) is 167 Å². The van der Waals surface area contributed by atoms with Crippen molar-refractivity contribution in [3.8, 4) is 67.5 Å². The molecule has 0 aliphatic heterocycles. The zero-order chi connectivity index (χ0) is 62.8. The van der Waals surface area contributed by atoms with Gasteiger partial charge in [-0.25, -0.2) is 4.98 Å². The van der Waals surface area contributed by atoms with Crippen molar-refractivity contribution in [2.24, 2.45) is 0 Å². The number of aromatic hydroxyl groups is 1. The average Bonchev–Trinajstić information content (AvgIpc) is 0.821. The SMILES string of the molecule is [2H]c1nc(-c2cc(-c3cccc4c3nc(-c3cc(C(C)C)cc(C(C)C)c3O)n4-c3ccc(-c4ccccc4C(C)(C)C)c(C([2H])(C)C)c3)cc(C(C)(C)C)c2)c([2H])c(-c2c([2H])c([2H])c(C(C([2H])([2H])[2H])(C([2H])([2H])[2H])C([2H])([2H])[2H])c([2H])c2[2H])c1[2H]. The summed E-state index contributed by atoms with van der Waals surface area (Å²) in [7, 11) is 0. The molecule has 0 bridgehead atoms. The van der Waals surface area contributed by atoms with Crippen LogP contribution in [0.4, 0.5) is 0 Å². The van der Waals surface area contributed by atoms with E-state index >= 15 is 0 Å². The molecule has 0 radical (unpaired) electrons. The molecule has 2 heterocycles. The normalized spacial score (nSPS) is 17.0. The number of pyridine rings is 1. The first-order valence-corrected chi connectivity index (χ1v) is 22.9. The molecule has 8 rings (SSSR count). The van der Waals surface area contributed by atoms with Crippen LogP contribution in [0, 0.1) is 0 Å². The van der Waals surface area contributed by atoms with Crippen LogP contribution in [0.5, 0.6) is 5.75 Å². The number of hydrogen-bond donors (Lipinski definition) is 1. The molecule has 2 aromatic heterocycles. The van der Waals surface area contributed by atoms with Crippen LogP contribution in [0.15, 0.2) is 133 Å². The van der Waals surface area contributed by atoms with Gasteiger partial charge in [0.2, 0.25) is 0 Å². The summed E-state index contributed by atoms with van der Waals surface area (Å²) in [6.07, 6.45) is -0.737. The number of rotatable bonds is 9. The topological polar surface area (TPSA) is 50.9 Å². The first kappa shape index (κ1) is 30.2. The predicted octanol–water partition coefficient (Wildman–Crippen LogP) is 17.7. The lowest BCUT2D eigenvalue weighted by Gasteiger charge is -2.25. The summed E-state index contributed by atoms with van der Waals surface area (Å²) >= 11 is 0. The molecule has 0 amide bonds. The Bertz CT molecular complexity index is 3860. The standard InChI is InChI=1S/C63H71N3O/c1-38(2)43-34-53(40(5)6)59(67)54(35-43)60-65-58-49(20-18-22-57(58)66(60)48-27-28-50(52(37-48)39(3)4)51-19-16-17-21-55(51)63(13,14)15)44-31-45(33-47(32-44)62(10,11)12)56-36-42(29-30-64-56)41-23-25-46(26-24-41)61(7,8)9/h16-40,67H,1-15H3/i7D3,8D3,9D3,23D,24D,25D,26D,29D,30D,36D,39D. The second-order valence-electron chi connectivity index (χ2n) is 20.5. The number of para-hydroxylation sites is 1. The first-order valence-electron chi connectivity index (χ1n) is 31.4. The number of benzene rings is 6. The summed E-state index contributed by atoms with van der Waals surface area (Å²) in [4.78, 5) is 9.90. The predicted molar refractivity (Wildman–Crippen MR) is 286 cm³/mol. The fourth-order valence-electron chi connectivity index (χ4n) is 8.65. The van der Waals surface area contributed by atoms with Gasteiger partial charge >= 0.3 is 0 Å². The number of nitrogens with zero attached hydrogens (tertiary/aromatic N) is 3. The Kier molecular flexibility index (Phi) is 8.00. The van der Waals surface area contributed by atoms with Gasteiger partial charge in [0.15, 0.2) is 0 Å². The van der Waals surface area contributed by atoms with E-state index in [1.165, 1.54) is 0 Å². The van der Waals surface area contributed by atoms with Gasteiger partial charge in [-0.1, -0.05) is 182 Å². The molecule has 67 heavy (non-hydrogen) atoms. The van der Waals surface area contributed by atoms with Crippen molar-refractivity contribution < 1.29 is 28.4 Å². The van der Waals surface area contributed by atoms with E-state index in [2.05, 4.69) is 51.7 Å². The smallest absolute Gasteiger partial charge is 0.149 e. The third-order valence-electron chi connectivity index (χ3n) is 12.4. The van der Waals surface area contributed by atoms with Crippen molar-refractivity contribution >= 4 is 11.0 Å². The Labute approximate surface area is 425 Å². The Balaban J connectivity index is 1.45. The number of aromatic nitrogens is 3. The second-order valence-corrected chi connectivity index (χ2v) is 20.5. The van der Waals surface area contributed by atoms with Gasteiger partial charge < -0.3 is 5.11 Å². The Morgan fingerprint density at radius 3 is 1.96 bits per heavy atom. The minimum absolute atomic E-state index is 0.0664. The molecule has 0 unspecified atom stereocenters. The highest BCUT2D eigenvalue weighted by Crippen LogP contribution is 2.45. The molecule has 0 aliphatic carbocycles. The van der Waals surface area contributed by atoms with E-state index in [0.717, 1.165) is 38.9 Å². The summed E-state index contributed by atoms with van der Waals surface area (Å²) in [5.74, 6) is -0.601. The van der Waals surface area contributed by atoms with Gasteiger partial charge in [-0.05, 0) is 144 Å². The van der Waals surface area contributed by atoms with Crippen LogP contribution in [-0.4, -0.2) is 19.6 Å². The van der Waals surface area contributed by atoms with Crippen molar-refractivity contribution in [2.45, 2.75) is 138 Å². The Morgan fingerprint density at radius 1 is 0.597 bits per heavy atom. The molecule has 0 fully saturated rings. The quantitative estimate of drug-likeness (QED) is 0.157. The molecule has 344 valence electrons. The summed E-state index contributed by atoms with van der Waals surface area (Å²) in [6.45, 7) is 12.6. The van der Waals surface area contributed by atoms with Crippen LogP contribution in [0.2, 0.25) is 0 Å². The van der Waals surface area contributed by atoms with Gasteiger partial charge in [-0.2, -0.15) is 0 Å². The number of imidazole rings is 1. The number of fused-ring (bicyclic) bond motifs is 1. The molecule has 1 N–H and O–H groups in total. The van der Waals surface area contributed by atoms with Crippen molar-refractivity contribution in [1.82, 2.24) is 14.5 Å². The van der Waals surface area contributed by atoms with Crippen LogP contribution >= 0.6 is 0 Å². The van der Waals surface area contributed by atoms with Crippen LogP contribution < -0.4 is 0 Å². The lowest BCUT2D eigenvalue weighted by Crippen LogP contribution is -2.13. The molecule has 0 saturated carbocycles. The van der Waals surface area contributed by atoms with Crippen LogP contribution in [0.3, 0.4) is 0 Å². The minimum Gasteiger partial charge on any atom is -0.507 e. The van der Waals surface area contributed by atoms with E-state index in [4.69, 9.17) is 22.8 Å². The maximum absolute atomic E-state index is 12.4. The molecule has 6 aromatic carbocycles. The summed E-state index contributed by atoms with van der Waals surface area (Å²) in [5.41, 5.74) is 2.25. The Morgan fingerprint density at radius 2 is 1.30 bits per heavy atom. The lowest BCUT2D eigenvalue weighted by molar-refractivity contribution is 0.466. The number of phenolic OH excluding ortho intramolecular Hbond substituents is 1. The van der Waals surface area contributed by atoms with E-state index in [0.29, 0.717) is 39.2 Å². The molecule has 4 nitrogen and oxygen atoms in total. The largest absolute Gasteiger partial charge is 0.507 e. The second kappa shape index (κ2) is 17.8.